The summed E-state index contributed by atoms with van der Waals surface area (Å²) in [5.74, 6) is 0.404. The lowest BCUT2D eigenvalue weighted by Gasteiger charge is -2.38. The monoisotopic (exact) mass is 430 g/mol. The number of rotatable bonds is 5. The molecular formula is C23H30N2O4S. The number of benzene rings is 2. The summed E-state index contributed by atoms with van der Waals surface area (Å²) in [6, 6.07) is 11.1. The number of ether oxygens (including phenoxy) is 1. The Hall–Kier alpha value is -2.54. The molecule has 1 aliphatic heterocycles. The second-order valence-corrected chi connectivity index (χ2v) is 10.6. The fourth-order valence-electron chi connectivity index (χ4n) is 3.84. The summed E-state index contributed by atoms with van der Waals surface area (Å²) in [6.45, 7) is 9.46. The van der Waals surface area contributed by atoms with Crippen molar-refractivity contribution >= 4 is 21.6 Å². The first-order valence-corrected chi connectivity index (χ1v) is 11.8. The first-order chi connectivity index (χ1) is 13.9. The van der Waals surface area contributed by atoms with Gasteiger partial charge in [-0.3, -0.25) is 9.10 Å². The van der Waals surface area contributed by atoms with Crippen LogP contribution in [-0.2, 0) is 14.8 Å². The van der Waals surface area contributed by atoms with Gasteiger partial charge in [-0.2, -0.15) is 0 Å². The highest BCUT2D eigenvalue weighted by atomic mass is 32.2. The quantitative estimate of drug-likeness (QED) is 0.783. The van der Waals surface area contributed by atoms with Crippen molar-refractivity contribution in [2.75, 3.05) is 17.1 Å². The van der Waals surface area contributed by atoms with Gasteiger partial charge in [0.1, 0.15) is 17.9 Å². The highest BCUT2D eigenvalue weighted by Crippen LogP contribution is 2.40. The lowest BCUT2D eigenvalue weighted by atomic mass is 9.89. The molecule has 30 heavy (non-hydrogen) atoms. The molecule has 2 aromatic rings. The van der Waals surface area contributed by atoms with Crippen molar-refractivity contribution in [2.24, 2.45) is 0 Å². The van der Waals surface area contributed by atoms with Crippen molar-refractivity contribution in [3.05, 3.63) is 58.7 Å². The fourth-order valence-corrected chi connectivity index (χ4v) is 4.75. The number of nitrogens with one attached hydrogen (secondary N) is 1. The zero-order valence-electron chi connectivity index (χ0n) is 18.4. The molecule has 7 heteroatoms. The number of fused-ring (bicyclic) bond motifs is 1. The first kappa shape index (κ1) is 22.2. The molecule has 2 aromatic carbocycles. The number of anilines is 1. The minimum atomic E-state index is -3.63. The molecule has 162 valence electrons. The van der Waals surface area contributed by atoms with Crippen LogP contribution in [0.5, 0.6) is 5.75 Å². The molecule has 0 unspecified atom stereocenters. The molecule has 3 rings (SSSR count). The lowest BCUT2D eigenvalue weighted by molar-refractivity contribution is -0.120. The third-order valence-corrected chi connectivity index (χ3v) is 6.62. The summed E-state index contributed by atoms with van der Waals surface area (Å²) in [7, 11) is -3.63. The average molecular weight is 431 g/mol. The Morgan fingerprint density at radius 2 is 1.90 bits per heavy atom. The van der Waals surface area contributed by atoms with Gasteiger partial charge in [-0.05, 0) is 63.4 Å². The Labute approximate surface area is 179 Å². The van der Waals surface area contributed by atoms with Crippen LogP contribution in [0.25, 0.3) is 0 Å². The minimum Gasteiger partial charge on any atom is -0.487 e. The lowest BCUT2D eigenvalue weighted by Crippen LogP contribution is -2.45. The maximum absolute atomic E-state index is 13.0. The standard InChI is InChI=1S/C23H30N2O4S/c1-15-10-11-18-19(13-23(4,5)29-21(18)12-15)24-22(26)14-25(30(6,27)28)20-9-7-8-16(2)17(20)3/h7-12,19H,13-14H2,1-6H3,(H,24,26)/t19-/m0/s1. The molecule has 1 amide bonds. The summed E-state index contributed by atoms with van der Waals surface area (Å²) in [5.41, 5.74) is 3.87. The molecule has 0 aliphatic carbocycles. The van der Waals surface area contributed by atoms with Gasteiger partial charge in [0, 0.05) is 12.0 Å². The molecular weight excluding hydrogens is 400 g/mol. The van der Waals surface area contributed by atoms with Gasteiger partial charge in [0.15, 0.2) is 0 Å². The van der Waals surface area contributed by atoms with E-state index < -0.39 is 15.6 Å². The van der Waals surface area contributed by atoms with E-state index >= 15 is 0 Å². The number of carbonyl (C=O) groups is 1. The summed E-state index contributed by atoms with van der Waals surface area (Å²) in [5, 5.41) is 3.03. The van der Waals surface area contributed by atoms with E-state index in [0.29, 0.717) is 12.1 Å². The number of carbonyl (C=O) groups excluding carboxylic acids is 1. The molecule has 0 fully saturated rings. The van der Waals surface area contributed by atoms with Crippen LogP contribution < -0.4 is 14.4 Å². The summed E-state index contributed by atoms with van der Waals surface area (Å²) in [4.78, 5) is 13.0. The molecule has 0 radical (unpaired) electrons. The third kappa shape index (κ3) is 4.78. The van der Waals surface area contributed by atoms with Gasteiger partial charge in [-0.15, -0.1) is 0 Å². The molecule has 1 aliphatic rings. The van der Waals surface area contributed by atoms with Crippen LogP contribution in [0.3, 0.4) is 0 Å². The molecule has 0 bridgehead atoms. The van der Waals surface area contributed by atoms with Crippen LogP contribution >= 0.6 is 0 Å². The third-order valence-electron chi connectivity index (χ3n) is 5.49. The van der Waals surface area contributed by atoms with E-state index in [-0.39, 0.29) is 18.5 Å². The average Bonchev–Trinajstić information content (AvgIpc) is 2.60. The molecule has 0 spiro atoms. The molecule has 1 heterocycles. The van der Waals surface area contributed by atoms with Gasteiger partial charge in [0.25, 0.3) is 0 Å². The number of amides is 1. The van der Waals surface area contributed by atoms with E-state index in [9.17, 15) is 13.2 Å². The van der Waals surface area contributed by atoms with E-state index in [1.165, 1.54) is 4.31 Å². The largest absolute Gasteiger partial charge is 0.487 e. The van der Waals surface area contributed by atoms with Gasteiger partial charge in [0.2, 0.25) is 15.9 Å². The Balaban J connectivity index is 1.87. The predicted molar refractivity (Wildman–Crippen MR) is 119 cm³/mol. The highest BCUT2D eigenvalue weighted by molar-refractivity contribution is 7.92. The van der Waals surface area contributed by atoms with Crippen LogP contribution in [0.2, 0.25) is 0 Å². The zero-order chi connectivity index (χ0) is 22.3. The molecule has 0 saturated carbocycles. The Bertz CT molecular complexity index is 1080. The van der Waals surface area contributed by atoms with Crippen molar-refractivity contribution < 1.29 is 17.9 Å². The van der Waals surface area contributed by atoms with Gasteiger partial charge in [-0.1, -0.05) is 24.3 Å². The van der Waals surface area contributed by atoms with E-state index in [0.717, 1.165) is 34.3 Å². The van der Waals surface area contributed by atoms with Gasteiger partial charge in [-0.25, -0.2) is 8.42 Å². The predicted octanol–water partition coefficient (Wildman–Crippen LogP) is 3.80. The highest BCUT2D eigenvalue weighted by Gasteiger charge is 2.35. The van der Waals surface area contributed by atoms with Crippen molar-refractivity contribution in [1.82, 2.24) is 5.32 Å². The Morgan fingerprint density at radius 1 is 1.20 bits per heavy atom. The van der Waals surface area contributed by atoms with Gasteiger partial charge >= 0.3 is 0 Å². The number of aryl methyl sites for hydroxylation is 2. The summed E-state index contributed by atoms with van der Waals surface area (Å²) in [6.07, 6.45) is 1.72. The second-order valence-electron chi connectivity index (χ2n) is 8.72. The Kier molecular flexibility index (Phi) is 5.87. The van der Waals surface area contributed by atoms with E-state index in [1.807, 2.05) is 58.9 Å². The minimum absolute atomic E-state index is 0.253. The topological polar surface area (TPSA) is 75.7 Å². The first-order valence-electron chi connectivity index (χ1n) is 10.0. The normalized spacial score (nSPS) is 17.6. The summed E-state index contributed by atoms with van der Waals surface area (Å²) < 4.78 is 32.2. The smallest absolute Gasteiger partial charge is 0.241 e. The Morgan fingerprint density at radius 3 is 2.57 bits per heavy atom. The van der Waals surface area contributed by atoms with E-state index in [2.05, 4.69) is 5.32 Å². The molecule has 1 atom stereocenters. The molecule has 1 N–H and O–H groups in total. The molecule has 0 aromatic heterocycles. The van der Waals surface area contributed by atoms with Gasteiger partial charge < -0.3 is 10.1 Å². The van der Waals surface area contributed by atoms with Crippen LogP contribution in [0.4, 0.5) is 5.69 Å². The number of sulfonamides is 1. The van der Waals surface area contributed by atoms with Crippen molar-refractivity contribution in [3.8, 4) is 5.75 Å². The van der Waals surface area contributed by atoms with Gasteiger partial charge in [0.05, 0.1) is 18.0 Å². The SMILES string of the molecule is Cc1ccc2c(c1)OC(C)(C)C[C@@H]2NC(=O)CN(c1cccc(C)c1C)S(C)(=O)=O. The zero-order valence-corrected chi connectivity index (χ0v) is 19.3. The molecule has 0 saturated heterocycles. The molecule has 6 nitrogen and oxygen atoms in total. The number of nitrogens with zero attached hydrogens (tertiary/aromatic N) is 1. The van der Waals surface area contributed by atoms with Crippen LogP contribution in [0.1, 0.15) is 48.6 Å². The second kappa shape index (κ2) is 7.95. The van der Waals surface area contributed by atoms with Crippen molar-refractivity contribution in [1.29, 1.82) is 0 Å². The van der Waals surface area contributed by atoms with Crippen LogP contribution in [0, 0.1) is 20.8 Å². The maximum Gasteiger partial charge on any atom is 0.241 e. The van der Waals surface area contributed by atoms with Crippen LogP contribution in [-0.4, -0.2) is 32.7 Å². The van der Waals surface area contributed by atoms with Crippen LogP contribution in [0.15, 0.2) is 36.4 Å². The fraction of sp³-hybridized carbons (Fsp3) is 0.435. The van der Waals surface area contributed by atoms with Crippen molar-refractivity contribution in [3.63, 3.8) is 0 Å². The number of hydrogen-bond acceptors (Lipinski definition) is 4. The van der Waals surface area contributed by atoms with Crippen molar-refractivity contribution in [2.45, 2.75) is 52.7 Å². The van der Waals surface area contributed by atoms with E-state index in [4.69, 9.17) is 4.74 Å². The maximum atomic E-state index is 13.0. The van der Waals surface area contributed by atoms with E-state index in [1.54, 1.807) is 12.1 Å². The number of hydrogen-bond donors (Lipinski definition) is 1. The summed E-state index contributed by atoms with van der Waals surface area (Å²) >= 11 is 0.